The molecule has 0 aromatic carbocycles. The van der Waals surface area contributed by atoms with Gasteiger partial charge in [-0.3, -0.25) is 4.79 Å². The zero-order valence-electron chi connectivity index (χ0n) is 11.8. The lowest BCUT2D eigenvalue weighted by molar-refractivity contribution is -0.124. The second kappa shape index (κ2) is 6.30. The lowest BCUT2D eigenvalue weighted by Crippen LogP contribution is -2.49. The lowest BCUT2D eigenvalue weighted by Gasteiger charge is -2.23. The van der Waals surface area contributed by atoms with E-state index in [2.05, 4.69) is 15.6 Å². The summed E-state index contributed by atoms with van der Waals surface area (Å²) in [7, 11) is 0. The van der Waals surface area contributed by atoms with E-state index in [0.717, 1.165) is 5.56 Å². The first-order chi connectivity index (χ1) is 8.83. The zero-order valence-corrected chi connectivity index (χ0v) is 11.8. The van der Waals surface area contributed by atoms with Gasteiger partial charge in [-0.25, -0.2) is 4.98 Å². The van der Waals surface area contributed by atoms with Gasteiger partial charge in [0.25, 0.3) is 0 Å². The van der Waals surface area contributed by atoms with Crippen molar-refractivity contribution in [2.45, 2.75) is 45.8 Å². The molecule has 1 unspecified atom stereocenters. The first-order valence-corrected chi connectivity index (χ1v) is 6.23. The zero-order chi connectivity index (χ0) is 14.5. The minimum absolute atomic E-state index is 0.0603. The summed E-state index contributed by atoms with van der Waals surface area (Å²) in [6.07, 6.45) is 1.58. The summed E-state index contributed by atoms with van der Waals surface area (Å²) >= 11 is 0. The molecule has 5 nitrogen and oxygen atoms in total. The summed E-state index contributed by atoms with van der Waals surface area (Å²) in [4.78, 5) is 15.9. The van der Waals surface area contributed by atoms with Gasteiger partial charge in [-0.2, -0.15) is 5.26 Å². The van der Waals surface area contributed by atoms with Crippen molar-refractivity contribution in [3.63, 3.8) is 0 Å². The first-order valence-electron chi connectivity index (χ1n) is 6.23. The normalized spacial score (nSPS) is 12.6. The van der Waals surface area contributed by atoms with Gasteiger partial charge in [0.1, 0.15) is 11.8 Å². The highest BCUT2D eigenvalue weighted by Crippen LogP contribution is 2.04. The van der Waals surface area contributed by atoms with E-state index in [1.54, 1.807) is 19.2 Å². The molecule has 0 bridgehead atoms. The molecule has 1 amide bonds. The van der Waals surface area contributed by atoms with Gasteiger partial charge in [-0.05, 0) is 33.8 Å². The molecule has 1 aromatic rings. The topological polar surface area (TPSA) is 77.8 Å². The molecule has 0 saturated heterocycles. The van der Waals surface area contributed by atoms with Crippen molar-refractivity contribution in [3.05, 3.63) is 29.6 Å². The van der Waals surface area contributed by atoms with Crippen LogP contribution >= 0.6 is 0 Å². The highest BCUT2D eigenvalue weighted by molar-refractivity contribution is 5.81. The average molecular weight is 260 g/mol. The van der Waals surface area contributed by atoms with Gasteiger partial charge >= 0.3 is 0 Å². The third-order valence-corrected chi connectivity index (χ3v) is 2.49. The van der Waals surface area contributed by atoms with Crippen LogP contribution in [0.1, 0.15) is 39.0 Å². The van der Waals surface area contributed by atoms with Gasteiger partial charge in [0.15, 0.2) is 0 Å². The number of amides is 1. The van der Waals surface area contributed by atoms with Crippen LogP contribution in [0.25, 0.3) is 0 Å². The quantitative estimate of drug-likeness (QED) is 0.856. The molecule has 0 spiro atoms. The fourth-order valence-corrected chi connectivity index (χ4v) is 1.52. The van der Waals surface area contributed by atoms with E-state index in [-0.39, 0.29) is 17.5 Å². The van der Waals surface area contributed by atoms with Crippen molar-refractivity contribution >= 4 is 5.91 Å². The van der Waals surface area contributed by atoms with Crippen molar-refractivity contribution in [2.24, 2.45) is 0 Å². The fraction of sp³-hybridized carbons (Fsp3) is 0.500. The smallest absolute Gasteiger partial charge is 0.237 e. The van der Waals surface area contributed by atoms with Crippen LogP contribution in [0.4, 0.5) is 0 Å². The number of hydrogen-bond acceptors (Lipinski definition) is 4. The van der Waals surface area contributed by atoms with Crippen LogP contribution in [-0.4, -0.2) is 22.5 Å². The average Bonchev–Trinajstić information content (AvgIpc) is 2.34. The van der Waals surface area contributed by atoms with Crippen molar-refractivity contribution < 1.29 is 4.79 Å². The molecule has 1 rings (SSSR count). The Morgan fingerprint density at radius 1 is 1.53 bits per heavy atom. The molecule has 2 N–H and O–H groups in total. The number of nitriles is 1. The highest BCUT2D eigenvalue weighted by atomic mass is 16.2. The van der Waals surface area contributed by atoms with Crippen molar-refractivity contribution in [1.29, 1.82) is 5.26 Å². The third kappa shape index (κ3) is 5.06. The molecule has 0 saturated carbocycles. The Hall–Kier alpha value is -1.93. The van der Waals surface area contributed by atoms with Crippen molar-refractivity contribution in [2.75, 3.05) is 0 Å². The largest absolute Gasteiger partial charge is 0.350 e. The molecule has 1 atom stereocenters. The number of nitrogens with zero attached hydrogens (tertiary/aromatic N) is 2. The number of hydrogen-bond donors (Lipinski definition) is 2. The number of carbonyl (C=O) groups is 1. The van der Waals surface area contributed by atoms with Gasteiger partial charge in [0.05, 0.1) is 6.04 Å². The van der Waals surface area contributed by atoms with E-state index < -0.39 is 0 Å². The van der Waals surface area contributed by atoms with E-state index in [1.807, 2.05) is 32.9 Å². The van der Waals surface area contributed by atoms with E-state index >= 15 is 0 Å². The second-order valence-electron chi connectivity index (χ2n) is 5.46. The number of aromatic nitrogens is 1. The molecule has 19 heavy (non-hydrogen) atoms. The van der Waals surface area contributed by atoms with Crippen molar-refractivity contribution in [3.8, 4) is 6.07 Å². The molecule has 1 heterocycles. The molecule has 1 aromatic heterocycles. The monoisotopic (exact) mass is 260 g/mol. The molecule has 0 fully saturated rings. The Bertz CT molecular complexity index is 485. The van der Waals surface area contributed by atoms with Gasteiger partial charge in [0, 0.05) is 23.8 Å². The number of carbonyl (C=O) groups excluding carboxylic acids is 1. The van der Waals surface area contributed by atoms with Gasteiger partial charge < -0.3 is 10.6 Å². The fourth-order valence-electron chi connectivity index (χ4n) is 1.52. The highest BCUT2D eigenvalue weighted by Gasteiger charge is 2.18. The standard InChI is InChI=1S/C14H20N4O/c1-10(13(19)18-14(2,3)4)17-9-11-6-5-7-16-12(11)8-15/h5-7,10,17H,9H2,1-4H3,(H,18,19). The van der Waals surface area contributed by atoms with Crippen LogP contribution in [0, 0.1) is 11.3 Å². The molecule has 5 heteroatoms. The van der Waals surface area contributed by atoms with Crippen LogP contribution < -0.4 is 10.6 Å². The summed E-state index contributed by atoms with van der Waals surface area (Å²) in [5.74, 6) is -0.0603. The minimum Gasteiger partial charge on any atom is -0.350 e. The summed E-state index contributed by atoms with van der Waals surface area (Å²) < 4.78 is 0. The molecule has 0 aliphatic heterocycles. The summed E-state index contributed by atoms with van der Waals surface area (Å²) in [5, 5.41) is 14.9. The predicted molar refractivity (Wildman–Crippen MR) is 73.1 cm³/mol. The molecule has 0 radical (unpaired) electrons. The van der Waals surface area contributed by atoms with Crippen molar-refractivity contribution in [1.82, 2.24) is 15.6 Å². The second-order valence-corrected chi connectivity index (χ2v) is 5.46. The van der Waals surface area contributed by atoms with E-state index in [4.69, 9.17) is 5.26 Å². The van der Waals surface area contributed by atoms with Gasteiger partial charge in [0.2, 0.25) is 5.91 Å². The van der Waals surface area contributed by atoms with Crippen LogP contribution in [-0.2, 0) is 11.3 Å². The molecular formula is C14H20N4O. The summed E-state index contributed by atoms with van der Waals surface area (Å²) in [6.45, 7) is 8.05. The van der Waals surface area contributed by atoms with Crippen LogP contribution in [0.2, 0.25) is 0 Å². The predicted octanol–water partition coefficient (Wildman–Crippen LogP) is 1.35. The number of pyridine rings is 1. The lowest BCUT2D eigenvalue weighted by atomic mass is 10.1. The molecule has 0 aliphatic carbocycles. The molecule has 0 aliphatic rings. The van der Waals surface area contributed by atoms with E-state index in [1.165, 1.54) is 0 Å². The number of nitrogens with one attached hydrogen (secondary N) is 2. The van der Waals surface area contributed by atoms with Crippen LogP contribution in [0.3, 0.4) is 0 Å². The maximum absolute atomic E-state index is 11.9. The molecule has 102 valence electrons. The van der Waals surface area contributed by atoms with E-state index in [0.29, 0.717) is 12.2 Å². The van der Waals surface area contributed by atoms with Gasteiger partial charge in [-0.1, -0.05) is 6.07 Å². The maximum atomic E-state index is 11.9. The Kier molecular flexibility index (Phi) is 5.02. The first kappa shape index (κ1) is 15.1. The Balaban J connectivity index is 2.57. The van der Waals surface area contributed by atoms with Crippen LogP contribution in [0.5, 0.6) is 0 Å². The summed E-state index contributed by atoms with van der Waals surface area (Å²) in [5.41, 5.74) is 0.929. The summed E-state index contributed by atoms with van der Waals surface area (Å²) in [6, 6.07) is 5.31. The minimum atomic E-state index is -0.328. The Morgan fingerprint density at radius 3 is 2.79 bits per heavy atom. The number of rotatable bonds is 4. The van der Waals surface area contributed by atoms with E-state index in [9.17, 15) is 4.79 Å². The SMILES string of the molecule is CC(NCc1cccnc1C#N)C(=O)NC(C)(C)C. The Morgan fingerprint density at radius 2 is 2.21 bits per heavy atom. The molecular weight excluding hydrogens is 240 g/mol. The maximum Gasteiger partial charge on any atom is 0.237 e. The van der Waals surface area contributed by atoms with Gasteiger partial charge in [-0.15, -0.1) is 0 Å². The third-order valence-electron chi connectivity index (χ3n) is 2.49. The Labute approximate surface area is 114 Å². The van der Waals surface area contributed by atoms with Crippen LogP contribution in [0.15, 0.2) is 18.3 Å².